The lowest BCUT2D eigenvalue weighted by Crippen LogP contribution is -2.34. The normalized spacial score (nSPS) is 18.8. The van der Waals surface area contributed by atoms with Gasteiger partial charge in [-0.1, -0.05) is 49.4 Å². The number of amides is 1. The van der Waals surface area contributed by atoms with Crippen molar-refractivity contribution in [1.82, 2.24) is 10.2 Å². The number of carbonyl (C=O) groups excluding carboxylic acids is 1. The van der Waals surface area contributed by atoms with Gasteiger partial charge in [-0.2, -0.15) is 0 Å². The summed E-state index contributed by atoms with van der Waals surface area (Å²) in [6.07, 6.45) is 4.57. The van der Waals surface area contributed by atoms with Crippen molar-refractivity contribution in [3.63, 3.8) is 0 Å². The summed E-state index contributed by atoms with van der Waals surface area (Å²) in [5.74, 6) is 0.815. The molecule has 3 nitrogen and oxygen atoms in total. The standard InChI is InChI=1S/C24H32N2O/c1-19-7-6-16-26(17-19)18-22-12-14-23(15-13-22)24(27)25-20(2)10-11-21-8-4-3-5-9-21/h3-5,8-9,12-15,19-20H,6-7,10-11,16-18H2,1-2H3,(H,25,27)/t19-,20-/m0/s1. The SMILES string of the molecule is C[C@H]1CCCN(Cc2ccc(C(=O)N[C@@H](C)CCc3ccccc3)cc2)C1. The lowest BCUT2D eigenvalue weighted by Gasteiger charge is -2.30. The summed E-state index contributed by atoms with van der Waals surface area (Å²) in [4.78, 5) is 15.0. The minimum absolute atomic E-state index is 0.0220. The number of hydrogen-bond acceptors (Lipinski definition) is 2. The van der Waals surface area contributed by atoms with Gasteiger partial charge in [0.25, 0.3) is 5.91 Å². The highest BCUT2D eigenvalue weighted by Gasteiger charge is 2.16. The Morgan fingerprint density at radius 2 is 1.85 bits per heavy atom. The molecule has 1 N–H and O–H groups in total. The van der Waals surface area contributed by atoms with Crippen molar-refractivity contribution in [2.45, 2.75) is 52.1 Å². The molecule has 27 heavy (non-hydrogen) atoms. The molecule has 2 atom stereocenters. The summed E-state index contributed by atoms with van der Waals surface area (Å²) in [5.41, 5.74) is 3.35. The Kier molecular flexibility index (Phi) is 7.05. The van der Waals surface area contributed by atoms with Gasteiger partial charge in [-0.15, -0.1) is 0 Å². The highest BCUT2D eigenvalue weighted by molar-refractivity contribution is 5.94. The summed E-state index contributed by atoms with van der Waals surface area (Å²) in [6, 6.07) is 18.7. The van der Waals surface area contributed by atoms with Crippen LogP contribution in [0.4, 0.5) is 0 Å². The topological polar surface area (TPSA) is 32.3 Å². The van der Waals surface area contributed by atoms with E-state index in [-0.39, 0.29) is 11.9 Å². The molecule has 3 rings (SSSR count). The van der Waals surface area contributed by atoms with Crippen LogP contribution in [0.3, 0.4) is 0 Å². The number of benzene rings is 2. The molecule has 144 valence electrons. The molecule has 0 spiro atoms. The quantitative estimate of drug-likeness (QED) is 0.774. The van der Waals surface area contributed by atoms with Crippen LogP contribution in [0.25, 0.3) is 0 Å². The number of hydrogen-bond donors (Lipinski definition) is 1. The first-order chi connectivity index (χ1) is 13.1. The largest absolute Gasteiger partial charge is 0.350 e. The fourth-order valence-electron chi connectivity index (χ4n) is 3.86. The molecule has 1 aliphatic heterocycles. The predicted octanol–water partition coefficient (Wildman–Crippen LogP) is 4.67. The minimum atomic E-state index is 0.0220. The molecular weight excluding hydrogens is 332 g/mol. The highest BCUT2D eigenvalue weighted by Crippen LogP contribution is 2.18. The predicted molar refractivity (Wildman–Crippen MR) is 112 cm³/mol. The first kappa shape index (κ1) is 19.6. The van der Waals surface area contributed by atoms with Crippen LogP contribution in [0, 0.1) is 5.92 Å². The van der Waals surface area contributed by atoms with E-state index in [9.17, 15) is 4.79 Å². The average molecular weight is 365 g/mol. The Hall–Kier alpha value is -2.13. The van der Waals surface area contributed by atoms with Gasteiger partial charge >= 0.3 is 0 Å². The fourth-order valence-corrected chi connectivity index (χ4v) is 3.86. The van der Waals surface area contributed by atoms with Crippen molar-refractivity contribution in [1.29, 1.82) is 0 Å². The van der Waals surface area contributed by atoms with E-state index in [4.69, 9.17) is 0 Å². The third kappa shape index (κ3) is 6.21. The van der Waals surface area contributed by atoms with Gasteiger partial charge < -0.3 is 5.32 Å². The third-order valence-electron chi connectivity index (χ3n) is 5.45. The van der Waals surface area contributed by atoms with E-state index in [1.807, 2.05) is 18.2 Å². The van der Waals surface area contributed by atoms with Crippen molar-refractivity contribution in [3.8, 4) is 0 Å². The van der Waals surface area contributed by atoms with Crippen LogP contribution < -0.4 is 5.32 Å². The molecule has 3 heteroatoms. The van der Waals surface area contributed by atoms with Crippen molar-refractivity contribution in [2.24, 2.45) is 5.92 Å². The molecule has 0 bridgehead atoms. The van der Waals surface area contributed by atoms with Gasteiger partial charge in [0.1, 0.15) is 0 Å². The second-order valence-electron chi connectivity index (χ2n) is 8.08. The summed E-state index contributed by atoms with van der Waals surface area (Å²) in [6.45, 7) is 7.76. The Balaban J connectivity index is 1.46. The van der Waals surface area contributed by atoms with Crippen LogP contribution >= 0.6 is 0 Å². The first-order valence-corrected chi connectivity index (χ1v) is 10.3. The van der Waals surface area contributed by atoms with E-state index in [2.05, 4.69) is 60.5 Å². The highest BCUT2D eigenvalue weighted by atomic mass is 16.1. The molecule has 0 saturated carbocycles. The maximum Gasteiger partial charge on any atom is 0.251 e. The monoisotopic (exact) mass is 364 g/mol. The number of aryl methyl sites for hydroxylation is 1. The Bertz CT molecular complexity index is 711. The van der Waals surface area contributed by atoms with Crippen LogP contribution in [0.5, 0.6) is 0 Å². The second-order valence-corrected chi connectivity index (χ2v) is 8.08. The molecule has 2 aromatic carbocycles. The lowest BCUT2D eigenvalue weighted by molar-refractivity contribution is 0.0938. The zero-order chi connectivity index (χ0) is 19.1. The number of carbonyl (C=O) groups is 1. The van der Waals surface area contributed by atoms with Gasteiger partial charge in [0.15, 0.2) is 0 Å². The maximum atomic E-state index is 12.5. The first-order valence-electron chi connectivity index (χ1n) is 10.3. The Labute approximate surface area is 163 Å². The van der Waals surface area contributed by atoms with Gasteiger partial charge in [0.05, 0.1) is 0 Å². The van der Waals surface area contributed by atoms with Gasteiger partial charge in [-0.05, 0) is 68.3 Å². The number of nitrogens with one attached hydrogen (secondary N) is 1. The second kappa shape index (κ2) is 9.70. The smallest absolute Gasteiger partial charge is 0.251 e. The van der Waals surface area contributed by atoms with Crippen LogP contribution in [0.2, 0.25) is 0 Å². The Morgan fingerprint density at radius 3 is 2.56 bits per heavy atom. The lowest BCUT2D eigenvalue weighted by atomic mass is 9.99. The molecule has 1 fully saturated rings. The van der Waals surface area contributed by atoms with Gasteiger partial charge in [0, 0.05) is 24.7 Å². The van der Waals surface area contributed by atoms with E-state index in [0.717, 1.165) is 30.9 Å². The number of nitrogens with zero attached hydrogens (tertiary/aromatic N) is 1. The molecular formula is C24H32N2O. The van der Waals surface area contributed by atoms with Crippen molar-refractivity contribution in [2.75, 3.05) is 13.1 Å². The number of likely N-dealkylation sites (tertiary alicyclic amines) is 1. The van der Waals surface area contributed by atoms with Crippen LogP contribution in [-0.4, -0.2) is 29.9 Å². The number of rotatable bonds is 7. The van der Waals surface area contributed by atoms with Crippen molar-refractivity contribution in [3.05, 3.63) is 71.3 Å². The minimum Gasteiger partial charge on any atom is -0.350 e. The van der Waals surface area contributed by atoms with E-state index in [1.165, 1.54) is 37.1 Å². The van der Waals surface area contributed by atoms with Gasteiger partial charge in [-0.3, -0.25) is 9.69 Å². The zero-order valence-electron chi connectivity index (χ0n) is 16.7. The molecule has 1 heterocycles. The van der Waals surface area contributed by atoms with E-state index in [0.29, 0.717) is 0 Å². The summed E-state index contributed by atoms with van der Waals surface area (Å²) >= 11 is 0. The zero-order valence-corrected chi connectivity index (χ0v) is 16.7. The van der Waals surface area contributed by atoms with Gasteiger partial charge in [0.2, 0.25) is 0 Å². The van der Waals surface area contributed by atoms with E-state index in [1.54, 1.807) is 0 Å². The van der Waals surface area contributed by atoms with E-state index >= 15 is 0 Å². The Morgan fingerprint density at radius 1 is 1.11 bits per heavy atom. The third-order valence-corrected chi connectivity index (χ3v) is 5.45. The molecule has 0 radical (unpaired) electrons. The maximum absolute atomic E-state index is 12.5. The van der Waals surface area contributed by atoms with Crippen LogP contribution in [-0.2, 0) is 13.0 Å². The van der Waals surface area contributed by atoms with E-state index < -0.39 is 0 Å². The summed E-state index contributed by atoms with van der Waals surface area (Å²) < 4.78 is 0. The number of piperidine rings is 1. The molecule has 2 aromatic rings. The van der Waals surface area contributed by atoms with Crippen molar-refractivity contribution < 1.29 is 4.79 Å². The van der Waals surface area contributed by atoms with Gasteiger partial charge in [-0.25, -0.2) is 0 Å². The summed E-state index contributed by atoms with van der Waals surface area (Å²) in [5, 5.41) is 3.12. The molecule has 1 aliphatic rings. The molecule has 0 aliphatic carbocycles. The molecule has 1 saturated heterocycles. The molecule has 1 amide bonds. The van der Waals surface area contributed by atoms with Crippen LogP contribution in [0.15, 0.2) is 54.6 Å². The molecule has 0 unspecified atom stereocenters. The van der Waals surface area contributed by atoms with Crippen LogP contribution in [0.1, 0.15) is 54.6 Å². The average Bonchev–Trinajstić information content (AvgIpc) is 2.68. The summed E-state index contributed by atoms with van der Waals surface area (Å²) in [7, 11) is 0. The molecule has 0 aromatic heterocycles. The fraction of sp³-hybridized carbons (Fsp3) is 0.458. The van der Waals surface area contributed by atoms with Crippen molar-refractivity contribution >= 4 is 5.91 Å².